The zero-order valence-corrected chi connectivity index (χ0v) is 18.5. The third kappa shape index (κ3) is 4.41. The summed E-state index contributed by atoms with van der Waals surface area (Å²) in [6.45, 7) is 0.804. The minimum absolute atomic E-state index is 0.0160. The van der Waals surface area contributed by atoms with Crippen molar-refractivity contribution >= 4 is 30.4 Å². The lowest BCUT2D eigenvalue weighted by Gasteiger charge is -2.34. The first-order valence-electron chi connectivity index (χ1n) is 10.2. The smallest absolute Gasteiger partial charge is 0.507 e. The Balaban J connectivity index is 2.07. The van der Waals surface area contributed by atoms with Crippen molar-refractivity contribution in [3.63, 3.8) is 0 Å². The van der Waals surface area contributed by atoms with Gasteiger partial charge in [-0.3, -0.25) is 14.6 Å². The first-order valence-corrected chi connectivity index (χ1v) is 11.6. The van der Waals surface area contributed by atoms with Crippen LogP contribution in [0, 0.1) is 0 Å². The van der Waals surface area contributed by atoms with E-state index in [1.165, 1.54) is 12.1 Å². The molecule has 0 spiro atoms. The second-order valence-corrected chi connectivity index (χ2v) is 9.26. The number of aliphatic hydroxyl groups is 1. The van der Waals surface area contributed by atoms with Gasteiger partial charge in [-0.1, -0.05) is 23.7 Å². The van der Waals surface area contributed by atoms with E-state index in [0.29, 0.717) is 13.0 Å². The van der Waals surface area contributed by atoms with Crippen LogP contribution < -0.4 is 9.95 Å². The van der Waals surface area contributed by atoms with Crippen LogP contribution in [0.5, 0.6) is 11.5 Å². The molecule has 1 aromatic heterocycles. The number of fused-ring (bicyclic) bond motifs is 1. The molecule has 9 nitrogen and oxygen atoms in total. The molecular formula is C21H21ClNO8P. The van der Waals surface area contributed by atoms with E-state index >= 15 is 0 Å². The first kappa shape index (κ1) is 21.5. The van der Waals surface area contributed by atoms with Crippen LogP contribution >= 0.6 is 19.4 Å². The van der Waals surface area contributed by atoms with Gasteiger partial charge in [0.1, 0.15) is 28.2 Å². The zero-order valence-electron chi connectivity index (χ0n) is 17.9. The number of hydrogen-bond donors (Lipinski definition) is 4. The van der Waals surface area contributed by atoms with Crippen LogP contribution in [-0.2, 0) is 4.57 Å². The highest BCUT2D eigenvalue weighted by Crippen LogP contribution is 2.48. The number of hydrogen-bond acceptors (Lipinski definition) is 7. The number of phenols is 1. The summed E-state index contributed by atoms with van der Waals surface area (Å²) >= 11 is 6.24. The van der Waals surface area contributed by atoms with Crippen LogP contribution in [-0.4, -0.2) is 51.1 Å². The molecule has 1 saturated heterocycles. The topological polar surface area (TPSA) is 141 Å². The minimum Gasteiger partial charge on any atom is -0.507 e. The number of aromatic hydroxyl groups is 1. The van der Waals surface area contributed by atoms with Crippen molar-refractivity contribution in [1.29, 1.82) is 0 Å². The monoisotopic (exact) mass is 482 g/mol. The second-order valence-electron chi connectivity index (χ2n) is 7.69. The molecule has 0 bridgehead atoms. The lowest BCUT2D eigenvalue weighted by atomic mass is 9.85. The van der Waals surface area contributed by atoms with Gasteiger partial charge < -0.3 is 24.1 Å². The van der Waals surface area contributed by atoms with Gasteiger partial charge in [0.2, 0.25) is 0 Å². The fourth-order valence-electron chi connectivity index (χ4n) is 4.02. The van der Waals surface area contributed by atoms with E-state index in [-0.39, 0.29) is 45.5 Å². The predicted octanol–water partition coefficient (Wildman–Crippen LogP) is 3.07. The summed E-state index contributed by atoms with van der Waals surface area (Å²) in [5.74, 6) is -1.80. The molecule has 4 rings (SSSR count). The Hall–Kier alpha value is -2.39. The van der Waals surface area contributed by atoms with Crippen LogP contribution in [0.1, 0.15) is 19.3 Å². The molecule has 32 heavy (non-hydrogen) atoms. The second kappa shape index (κ2) is 8.51. The van der Waals surface area contributed by atoms with Gasteiger partial charge in [-0.2, -0.15) is 0 Å². The average Bonchev–Trinajstić information content (AvgIpc) is 2.67. The van der Waals surface area contributed by atoms with E-state index in [0.717, 1.165) is 12.1 Å². The Morgan fingerprint density at radius 1 is 1.34 bits per heavy atom. The van der Waals surface area contributed by atoms with E-state index in [1.54, 1.807) is 6.07 Å². The largest absolute Gasteiger partial charge is 0.524 e. The van der Waals surface area contributed by atoms with Gasteiger partial charge in [0.15, 0.2) is 5.43 Å². The number of phosphoric acid groups is 1. The molecule has 0 saturated carbocycles. The molecule has 0 radical (unpaired) electrons. The Morgan fingerprint density at radius 2 is 2.09 bits per heavy atom. The van der Waals surface area contributed by atoms with Gasteiger partial charge in [0, 0.05) is 35.7 Å². The van der Waals surface area contributed by atoms with Gasteiger partial charge in [0.25, 0.3) is 0 Å². The molecule has 0 aliphatic carbocycles. The van der Waals surface area contributed by atoms with Crippen molar-refractivity contribution in [2.24, 2.45) is 0 Å². The van der Waals surface area contributed by atoms with Crippen molar-refractivity contribution in [3.8, 4) is 22.8 Å². The van der Waals surface area contributed by atoms with Crippen molar-refractivity contribution in [3.05, 3.63) is 57.2 Å². The molecule has 2 atom stereocenters. The Labute approximate surface area is 189 Å². The number of likely N-dealkylation sites (N-methyl/N-ethyl adjacent to an activating group) is 1. The molecule has 1 fully saturated rings. The third-order valence-corrected chi connectivity index (χ3v) is 6.16. The van der Waals surface area contributed by atoms with Crippen molar-refractivity contribution in [2.45, 2.75) is 18.4 Å². The number of likely N-dealkylation sites (tertiary alicyclic amines) is 1. The van der Waals surface area contributed by atoms with Crippen LogP contribution in [0.4, 0.5) is 0 Å². The molecule has 4 N–H and O–H groups in total. The Bertz CT molecular complexity index is 1320. The zero-order chi connectivity index (χ0) is 24.1. The van der Waals surface area contributed by atoms with Crippen molar-refractivity contribution in [2.75, 3.05) is 20.1 Å². The SMILES string of the molecule is [2H]c1cccc(Cl)c1-c1cc(=O)c2c(O)cc(OP(=O)(O)O)c([C@H]3CCN(C)C[C@H]3O)c2o1. The number of phosphoric ester groups is 1. The summed E-state index contributed by atoms with van der Waals surface area (Å²) in [4.78, 5) is 33.7. The number of rotatable bonds is 4. The highest BCUT2D eigenvalue weighted by atomic mass is 35.5. The molecule has 0 unspecified atom stereocenters. The molecule has 0 amide bonds. The quantitative estimate of drug-likeness (QED) is 0.413. The first-order chi connectivity index (χ1) is 15.5. The van der Waals surface area contributed by atoms with E-state index in [2.05, 4.69) is 0 Å². The molecular weight excluding hydrogens is 461 g/mol. The van der Waals surface area contributed by atoms with Crippen LogP contribution in [0.2, 0.25) is 5.02 Å². The third-order valence-electron chi connectivity index (χ3n) is 5.41. The minimum atomic E-state index is -5.07. The van der Waals surface area contributed by atoms with E-state index < -0.39 is 36.8 Å². The maximum Gasteiger partial charge on any atom is 0.524 e. The maximum atomic E-state index is 13.0. The fraction of sp³-hybridized carbons (Fsp3) is 0.286. The van der Waals surface area contributed by atoms with Gasteiger partial charge in [-0.25, -0.2) is 4.57 Å². The summed E-state index contributed by atoms with van der Waals surface area (Å²) in [6, 6.07) is 6.54. The number of aliphatic hydroxyl groups excluding tert-OH is 1. The summed E-state index contributed by atoms with van der Waals surface area (Å²) in [6.07, 6.45) is -0.615. The molecule has 1 aliphatic heterocycles. The fourth-order valence-corrected chi connectivity index (χ4v) is 4.65. The number of β-amino-alcohol motifs (C(OH)–C–C–N with tert-alkyl or cyclic N) is 1. The van der Waals surface area contributed by atoms with Gasteiger partial charge >= 0.3 is 7.82 Å². The van der Waals surface area contributed by atoms with Crippen LogP contribution in [0.25, 0.3) is 22.3 Å². The lowest BCUT2D eigenvalue weighted by Crippen LogP contribution is -2.40. The molecule has 2 aromatic carbocycles. The Kier molecular flexibility index (Phi) is 5.71. The van der Waals surface area contributed by atoms with Gasteiger partial charge in [-0.05, 0) is 32.1 Å². The number of halogens is 1. The highest BCUT2D eigenvalue weighted by molar-refractivity contribution is 7.46. The summed E-state index contributed by atoms with van der Waals surface area (Å²) in [5, 5.41) is 21.2. The molecule has 2 heterocycles. The number of phenolic OH excluding ortho intramolecular Hbond substituents is 1. The standard InChI is InChI=1S/C21H21ClNO8P/c1-23-7-6-12(16(26)10-23)19-18(31-32(27,28)29)9-15(25)20-14(24)8-17(30-21(19)20)11-4-2-3-5-13(11)22/h2-5,8-9,12,16,25-26H,6-7,10H2,1H3,(H2,27,28,29)/t12-,16+/m0/s1/i4D. The normalized spacial score (nSPS) is 20.3. The Morgan fingerprint density at radius 3 is 2.75 bits per heavy atom. The molecule has 11 heteroatoms. The van der Waals surface area contributed by atoms with Gasteiger partial charge in [0.05, 0.1) is 12.5 Å². The highest BCUT2D eigenvalue weighted by Gasteiger charge is 2.35. The van der Waals surface area contributed by atoms with E-state index in [4.69, 9.17) is 21.9 Å². The lowest BCUT2D eigenvalue weighted by molar-refractivity contribution is 0.0632. The number of nitrogens with zero attached hydrogens (tertiary/aromatic N) is 1. The molecule has 1 aliphatic rings. The van der Waals surface area contributed by atoms with Crippen molar-refractivity contribution in [1.82, 2.24) is 4.90 Å². The summed E-state index contributed by atoms with van der Waals surface area (Å²) < 4.78 is 30.6. The average molecular weight is 483 g/mol. The van der Waals surface area contributed by atoms with Crippen LogP contribution in [0.15, 0.2) is 45.6 Å². The van der Waals surface area contributed by atoms with Crippen molar-refractivity contribution < 1.29 is 34.9 Å². The predicted molar refractivity (Wildman–Crippen MR) is 118 cm³/mol. The maximum absolute atomic E-state index is 13.0. The van der Waals surface area contributed by atoms with Crippen LogP contribution in [0.3, 0.4) is 0 Å². The number of benzene rings is 2. The van der Waals surface area contributed by atoms with E-state index in [9.17, 15) is 29.4 Å². The molecule has 170 valence electrons. The van der Waals surface area contributed by atoms with E-state index in [1.807, 2.05) is 11.9 Å². The number of piperidine rings is 1. The molecule has 3 aromatic rings. The summed E-state index contributed by atoms with van der Waals surface area (Å²) in [5.41, 5.74) is -0.679. The summed E-state index contributed by atoms with van der Waals surface area (Å²) in [7, 11) is -3.25. The van der Waals surface area contributed by atoms with Gasteiger partial charge in [-0.15, -0.1) is 0 Å².